The van der Waals surface area contributed by atoms with Gasteiger partial charge in [-0.1, -0.05) is 53.8 Å². The zero-order valence-electron chi connectivity index (χ0n) is 33.5. The third-order valence-corrected chi connectivity index (χ3v) is 21.9. The Balaban J connectivity index is 1.33. The van der Waals surface area contributed by atoms with Crippen LogP contribution in [0.3, 0.4) is 0 Å². The molecule has 4 aromatic heterocycles. The summed E-state index contributed by atoms with van der Waals surface area (Å²) in [7, 11) is -5.24. The van der Waals surface area contributed by atoms with Crippen LogP contribution in [0.1, 0.15) is 54.0 Å². The predicted molar refractivity (Wildman–Crippen MR) is 218 cm³/mol. The molecule has 0 radical (unpaired) electrons. The maximum atomic E-state index is 14.4. The van der Waals surface area contributed by atoms with Crippen molar-refractivity contribution in [1.82, 2.24) is 39.0 Å². The van der Waals surface area contributed by atoms with Gasteiger partial charge < -0.3 is 40.0 Å². The van der Waals surface area contributed by atoms with E-state index in [9.17, 15) is 24.4 Å². The van der Waals surface area contributed by atoms with E-state index in [-0.39, 0.29) is 44.3 Å². The van der Waals surface area contributed by atoms with Gasteiger partial charge in [0.25, 0.3) is 11.1 Å². The minimum absolute atomic E-state index is 0.0213. The molecule has 25 heteroatoms. The number of aliphatic hydroxyl groups excluding tert-OH is 2. The molecule has 0 aromatic carbocycles. The van der Waals surface area contributed by atoms with Crippen LogP contribution in [0.15, 0.2) is 22.2 Å². The van der Waals surface area contributed by atoms with Crippen molar-refractivity contribution < 1.29 is 42.2 Å². The molecule has 6 rings (SSSR count). The number of aromatic nitrogens is 8. The molecule has 2 aliphatic heterocycles. The predicted octanol–water partition coefficient (Wildman–Crippen LogP) is 2.79. The molecule has 4 aromatic rings. The van der Waals surface area contributed by atoms with E-state index in [0.29, 0.717) is 0 Å². The zero-order valence-corrected chi connectivity index (χ0v) is 37.3. The number of hydrogen-bond acceptors (Lipinski definition) is 17. The average Bonchev–Trinajstić information content (AvgIpc) is 3.83. The quantitative estimate of drug-likeness (QED) is 0.0612. The van der Waals surface area contributed by atoms with Gasteiger partial charge in [-0.05, 0) is 36.3 Å². The molecule has 0 spiro atoms. The summed E-state index contributed by atoms with van der Waals surface area (Å²) >= 11 is 4.39. The van der Waals surface area contributed by atoms with Gasteiger partial charge in [-0.25, -0.2) is 14.5 Å². The van der Waals surface area contributed by atoms with Crippen LogP contribution < -0.4 is 22.6 Å². The summed E-state index contributed by atoms with van der Waals surface area (Å²) in [5, 5.41) is 21.8. The minimum Gasteiger partial charge on any atom is -0.408 e. The number of rotatable bonds is 12. The van der Waals surface area contributed by atoms with Gasteiger partial charge in [0.2, 0.25) is 11.9 Å². The van der Waals surface area contributed by atoms with Gasteiger partial charge in [0.1, 0.15) is 36.6 Å². The second-order valence-electron chi connectivity index (χ2n) is 17.4. The minimum atomic E-state index is -4.43. The third-order valence-electron chi connectivity index (χ3n) is 11.4. The van der Waals surface area contributed by atoms with Crippen LogP contribution in [-0.4, -0.2) is 116 Å². The van der Waals surface area contributed by atoms with Crippen molar-refractivity contribution in [2.45, 2.75) is 127 Å². The highest BCUT2D eigenvalue weighted by molar-refractivity contribution is 8.44. The Morgan fingerprint density at radius 3 is 1.75 bits per heavy atom. The Labute approximate surface area is 335 Å². The van der Waals surface area contributed by atoms with E-state index in [1.807, 2.05) is 67.7 Å². The number of thiol groups is 1. The van der Waals surface area contributed by atoms with E-state index in [2.05, 4.69) is 42.2 Å². The van der Waals surface area contributed by atoms with Gasteiger partial charge in [-0.3, -0.25) is 37.7 Å². The number of ether oxygens (including phenoxy) is 2. The largest absolute Gasteiger partial charge is 0.408 e. The lowest BCUT2D eigenvalue weighted by Gasteiger charge is -2.40. The number of aromatic amines is 2. The van der Waals surface area contributed by atoms with Crippen molar-refractivity contribution in [2.75, 3.05) is 24.7 Å². The van der Waals surface area contributed by atoms with Gasteiger partial charge in [0.15, 0.2) is 51.4 Å². The molecule has 8 N–H and O–H groups in total. The topological polar surface area (TPSA) is 292 Å². The summed E-state index contributed by atoms with van der Waals surface area (Å²) in [6.07, 6.45) is -6.48. The van der Waals surface area contributed by atoms with Gasteiger partial charge in [0, 0.05) is 0 Å². The summed E-state index contributed by atoms with van der Waals surface area (Å²) in [5.74, 6) is -0.339. The SMILES string of the molecule is CC(C)(C)[Si](C)(C)OC1[C@@H](O)[C@H](n2cnc3c(=O)[nH]c(N)nc32)O[C@@H]1COP(=O)(S)O[C@@H]1C(O[Si](C)(C)C(C)(C)C)[C@@H](CO)O[C@H]1n1cnc2c(=O)[nH]c(N)nc21. The molecule has 0 amide bonds. The van der Waals surface area contributed by atoms with E-state index < -0.39 is 96.8 Å². The molecule has 0 saturated carbocycles. The first-order valence-corrected chi connectivity index (χ1v) is 26.8. The normalized spacial score (nSPS) is 27.5. The maximum Gasteiger partial charge on any atom is 0.386 e. The molecule has 21 nitrogen and oxygen atoms in total. The Bertz CT molecular complexity index is 2290. The molecule has 0 aliphatic carbocycles. The van der Waals surface area contributed by atoms with Gasteiger partial charge in [-0.15, -0.1) is 0 Å². The number of anilines is 2. The number of H-pyrrole nitrogens is 2. The van der Waals surface area contributed by atoms with Crippen LogP contribution in [0.4, 0.5) is 11.9 Å². The molecule has 2 fully saturated rings. The number of nitrogens with two attached hydrogens (primary N) is 2. The van der Waals surface area contributed by atoms with E-state index in [0.717, 1.165) is 0 Å². The van der Waals surface area contributed by atoms with Crippen LogP contribution in [0.25, 0.3) is 22.3 Å². The summed E-state index contributed by atoms with van der Waals surface area (Å²) in [6.45, 7) is 14.8. The molecule has 6 heterocycles. The fourth-order valence-corrected chi connectivity index (χ4v) is 10.3. The lowest BCUT2D eigenvalue weighted by Crippen LogP contribution is -2.50. The zero-order chi connectivity index (χ0) is 42.2. The number of imidazole rings is 2. The van der Waals surface area contributed by atoms with E-state index >= 15 is 0 Å². The standard InChI is InChI=1S/C32H53N10O11PSSi2/c1-31(2,3)56(7,8)52-20-16(50-27(19(20)44)41-13-35-17-23(41)37-29(33)39-25(17)45)12-48-54(47,55)51-22-21(53-57(9,10)32(4,5)6)15(11-43)49-28(22)42-14-36-18-24(42)38-30(34)40-26(18)46/h13-16,19-22,27-28,43-44H,11-12H2,1-10H3,(H,47,55)(H3,33,37,39,45)(H3,34,38,40,46)/t15-,16-,19-,20?,21?,22-,27-,28-,54?/m1/s1. The van der Waals surface area contributed by atoms with Crippen molar-refractivity contribution in [3.63, 3.8) is 0 Å². The summed E-state index contributed by atoms with van der Waals surface area (Å²) in [4.78, 5) is 46.9. The number of aliphatic hydroxyl groups is 2. The van der Waals surface area contributed by atoms with Crippen molar-refractivity contribution in [2.24, 2.45) is 0 Å². The van der Waals surface area contributed by atoms with Gasteiger partial charge in [0.05, 0.1) is 25.9 Å². The summed E-state index contributed by atoms with van der Waals surface area (Å²) in [5.41, 5.74) is 10.6. The first kappa shape index (κ1) is 43.6. The Morgan fingerprint density at radius 1 is 0.825 bits per heavy atom. The van der Waals surface area contributed by atoms with Crippen LogP contribution >= 0.6 is 19.0 Å². The van der Waals surface area contributed by atoms with Crippen molar-refractivity contribution >= 4 is 69.9 Å². The van der Waals surface area contributed by atoms with Crippen molar-refractivity contribution in [3.8, 4) is 0 Å². The van der Waals surface area contributed by atoms with Crippen LogP contribution in [0, 0.1) is 0 Å². The third kappa shape index (κ3) is 8.41. The summed E-state index contributed by atoms with van der Waals surface area (Å²) in [6, 6.07) is 0. The molecule has 0 bridgehead atoms. The Kier molecular flexibility index (Phi) is 11.6. The second-order valence-corrected chi connectivity index (χ2v) is 29.8. The number of fused-ring (bicyclic) bond motifs is 2. The highest BCUT2D eigenvalue weighted by Crippen LogP contribution is 2.58. The first-order chi connectivity index (χ1) is 26.2. The molecule has 2 saturated heterocycles. The highest BCUT2D eigenvalue weighted by atomic mass is 32.7. The van der Waals surface area contributed by atoms with Crippen molar-refractivity contribution in [3.05, 3.63) is 33.4 Å². The fraction of sp³-hybridized carbons (Fsp3) is 0.688. The monoisotopic (exact) mass is 872 g/mol. The fourth-order valence-electron chi connectivity index (χ4n) is 6.21. The molecular formula is C32H53N10O11PSSi2. The van der Waals surface area contributed by atoms with E-state index in [4.69, 9.17) is 38.8 Å². The molecule has 57 heavy (non-hydrogen) atoms. The first-order valence-electron chi connectivity index (χ1n) is 18.3. The van der Waals surface area contributed by atoms with Gasteiger partial charge >= 0.3 is 6.80 Å². The second kappa shape index (κ2) is 15.2. The lowest BCUT2D eigenvalue weighted by molar-refractivity contribution is -0.0548. The van der Waals surface area contributed by atoms with E-state index in [1.54, 1.807) is 0 Å². The number of nitrogen functional groups attached to an aromatic ring is 2. The smallest absolute Gasteiger partial charge is 0.386 e. The average molecular weight is 873 g/mol. The Morgan fingerprint density at radius 2 is 1.28 bits per heavy atom. The van der Waals surface area contributed by atoms with Crippen LogP contribution in [0.5, 0.6) is 0 Å². The summed E-state index contributed by atoms with van der Waals surface area (Å²) < 4.78 is 55.5. The van der Waals surface area contributed by atoms with Crippen LogP contribution in [-0.2, 0) is 31.9 Å². The van der Waals surface area contributed by atoms with Crippen molar-refractivity contribution in [1.29, 1.82) is 0 Å². The number of hydrogen-bond donors (Lipinski definition) is 7. The molecule has 316 valence electrons. The molecular weight excluding hydrogens is 820 g/mol. The van der Waals surface area contributed by atoms with Gasteiger partial charge in [-0.2, -0.15) is 9.97 Å². The highest BCUT2D eigenvalue weighted by Gasteiger charge is 2.55. The molecule has 9 atom stereocenters. The number of nitrogens with one attached hydrogen (secondary N) is 2. The molecule has 2 aliphatic rings. The van der Waals surface area contributed by atoms with Crippen LogP contribution in [0.2, 0.25) is 36.3 Å². The number of nitrogens with zero attached hydrogens (tertiary/aromatic N) is 6. The lowest BCUT2D eigenvalue weighted by atomic mass is 10.1. The van der Waals surface area contributed by atoms with E-state index in [1.165, 1.54) is 21.8 Å². The molecule has 3 unspecified atom stereocenters. The Hall–Kier alpha value is -3.01. The maximum absolute atomic E-state index is 14.4.